The van der Waals surface area contributed by atoms with E-state index >= 15 is 0 Å². The van der Waals surface area contributed by atoms with Crippen LogP contribution in [-0.4, -0.2) is 60.6 Å². The van der Waals surface area contributed by atoms with E-state index < -0.39 is 47.9 Å². The van der Waals surface area contributed by atoms with Crippen LogP contribution < -0.4 is 0 Å². The zero-order valence-electron chi connectivity index (χ0n) is 24.0. The maximum atomic E-state index is 6.81. The summed E-state index contributed by atoms with van der Waals surface area (Å²) < 4.78 is 39.5. The monoisotopic (exact) mass is 552 g/mol. The van der Waals surface area contributed by atoms with Crippen molar-refractivity contribution in [3.8, 4) is 0 Å². The molecule has 10 heteroatoms. The first-order valence-corrected chi connectivity index (χ1v) is 15.3. The predicted octanol–water partition coefficient (Wildman–Crippen LogP) is 4.41. The van der Waals surface area contributed by atoms with E-state index in [9.17, 15) is 0 Å². The lowest BCUT2D eigenvalue weighted by Crippen LogP contribution is -2.73. The van der Waals surface area contributed by atoms with Gasteiger partial charge in [0.15, 0.2) is 36.4 Å². The Hall–Kier alpha value is -0.400. The van der Waals surface area contributed by atoms with Gasteiger partial charge in [0.05, 0.1) is 6.10 Å². The van der Waals surface area contributed by atoms with Crippen LogP contribution in [0, 0.1) is 41.4 Å². The van der Waals surface area contributed by atoms with Gasteiger partial charge in [-0.15, -0.1) is 0 Å². The Morgan fingerprint density at radius 2 is 1.21 bits per heavy atom. The molecule has 10 rings (SSSR count). The lowest BCUT2D eigenvalue weighted by molar-refractivity contribution is -0.587. The van der Waals surface area contributed by atoms with Gasteiger partial charge in [-0.05, 0) is 63.7 Å². The third-order valence-corrected chi connectivity index (χ3v) is 11.8. The molecular formula is C29H44O10. The van der Waals surface area contributed by atoms with Crippen molar-refractivity contribution in [1.82, 2.24) is 0 Å². The van der Waals surface area contributed by atoms with Crippen LogP contribution in [0.3, 0.4) is 0 Å². The van der Waals surface area contributed by atoms with Gasteiger partial charge in [0.2, 0.25) is 11.6 Å². The van der Waals surface area contributed by atoms with E-state index in [0.29, 0.717) is 24.4 Å². The van der Waals surface area contributed by atoms with Gasteiger partial charge in [-0.1, -0.05) is 27.7 Å². The summed E-state index contributed by atoms with van der Waals surface area (Å²) in [6.45, 7) is 13.0. The van der Waals surface area contributed by atoms with Crippen LogP contribution in [-0.2, 0) is 48.0 Å². The third kappa shape index (κ3) is 3.45. The molecule has 0 aromatic carbocycles. The van der Waals surface area contributed by atoms with Crippen molar-refractivity contribution >= 4 is 0 Å². The molecule has 2 spiro atoms. The molecule has 10 aliphatic rings. The van der Waals surface area contributed by atoms with Crippen molar-refractivity contribution in [2.24, 2.45) is 41.4 Å². The minimum absolute atomic E-state index is 0.00363. The Bertz CT molecular complexity index is 921. The number of hydrogen-bond donors (Lipinski definition) is 0. The number of fused-ring (bicyclic) bond motifs is 4. The van der Waals surface area contributed by atoms with Gasteiger partial charge in [-0.2, -0.15) is 4.89 Å². The minimum Gasteiger partial charge on any atom is -0.369 e. The second-order valence-electron chi connectivity index (χ2n) is 14.3. The standard InChI is InChI=1S/C29H44O10/c1-14-7-9-19-16(3)22(32-24-28(19)18(14)11-12-26(5,34-24)36-38-28)31-23-17(4)20-10-8-15(2)21-29(20)25(33-23)35-27(6,13-30-21)37-39-29/h14-25H,7-13H2,1-6H3/t14-,15-,16-,17-,18+,19+,20+,21+,22?,23?,24-,25-,26+,27+,28?,29+/m1/s1. The van der Waals surface area contributed by atoms with Crippen LogP contribution in [0.15, 0.2) is 0 Å². The summed E-state index contributed by atoms with van der Waals surface area (Å²) in [7, 11) is 0. The van der Waals surface area contributed by atoms with Crippen LogP contribution >= 0.6 is 0 Å². The van der Waals surface area contributed by atoms with Crippen molar-refractivity contribution in [1.29, 1.82) is 0 Å². The number of rotatable bonds is 2. The molecule has 2 saturated carbocycles. The summed E-state index contributed by atoms with van der Waals surface area (Å²) in [5, 5.41) is 0. The molecule has 10 nitrogen and oxygen atoms in total. The van der Waals surface area contributed by atoms with Crippen molar-refractivity contribution in [3.05, 3.63) is 0 Å². The number of ether oxygens (including phenoxy) is 6. The summed E-state index contributed by atoms with van der Waals surface area (Å²) in [6, 6.07) is 0. The van der Waals surface area contributed by atoms with E-state index in [1.54, 1.807) is 0 Å². The summed E-state index contributed by atoms with van der Waals surface area (Å²) in [6.07, 6.45) is 3.48. The molecule has 8 heterocycles. The summed E-state index contributed by atoms with van der Waals surface area (Å²) in [5.74, 6) is -0.399. The molecule has 0 aromatic heterocycles. The average Bonchev–Trinajstić information content (AvgIpc) is 3.27. The van der Waals surface area contributed by atoms with Crippen LogP contribution in [0.1, 0.15) is 80.1 Å². The lowest BCUT2D eigenvalue weighted by atomic mass is 9.58. The fourth-order valence-corrected chi connectivity index (χ4v) is 9.58. The Balaban J connectivity index is 1.09. The molecule has 0 amide bonds. The molecule has 0 aromatic rings. The Kier molecular flexibility index (Phi) is 5.78. The zero-order chi connectivity index (χ0) is 26.9. The number of hydrogen-bond acceptors (Lipinski definition) is 10. The minimum atomic E-state index is -1.03. The van der Waals surface area contributed by atoms with Gasteiger partial charge >= 0.3 is 0 Å². The molecule has 0 radical (unpaired) electrons. The van der Waals surface area contributed by atoms with E-state index in [0.717, 1.165) is 38.5 Å². The van der Waals surface area contributed by atoms with Crippen LogP contribution in [0.2, 0.25) is 0 Å². The summed E-state index contributed by atoms with van der Waals surface area (Å²) in [5.41, 5.74) is -1.45. The molecular weight excluding hydrogens is 508 g/mol. The molecule has 2 aliphatic carbocycles. The quantitative estimate of drug-likeness (QED) is 0.459. The highest BCUT2D eigenvalue weighted by Gasteiger charge is 2.72. The largest absolute Gasteiger partial charge is 0.369 e. The predicted molar refractivity (Wildman–Crippen MR) is 132 cm³/mol. The Morgan fingerprint density at radius 1 is 0.615 bits per heavy atom. The zero-order valence-corrected chi connectivity index (χ0v) is 24.0. The lowest BCUT2D eigenvalue weighted by Gasteiger charge is -2.61. The summed E-state index contributed by atoms with van der Waals surface area (Å²) in [4.78, 5) is 24.3. The molecule has 3 unspecified atom stereocenters. The summed E-state index contributed by atoms with van der Waals surface area (Å²) >= 11 is 0. The van der Waals surface area contributed by atoms with Gasteiger partial charge in [-0.25, -0.2) is 14.7 Å². The second kappa shape index (κ2) is 8.58. The topological polar surface area (TPSA) is 92.3 Å². The van der Waals surface area contributed by atoms with E-state index in [4.69, 9.17) is 48.0 Å². The maximum absolute atomic E-state index is 6.81. The second-order valence-corrected chi connectivity index (χ2v) is 14.3. The van der Waals surface area contributed by atoms with E-state index in [1.807, 2.05) is 13.8 Å². The van der Waals surface area contributed by atoms with Crippen LogP contribution in [0.5, 0.6) is 0 Å². The van der Waals surface area contributed by atoms with Crippen molar-refractivity contribution < 1.29 is 48.0 Å². The van der Waals surface area contributed by atoms with Crippen LogP contribution in [0.25, 0.3) is 0 Å². The molecule has 10 fully saturated rings. The molecule has 0 N–H and O–H groups in total. The Morgan fingerprint density at radius 3 is 1.95 bits per heavy atom. The SMILES string of the molecule is C[C@@H]1CC[C@H]2[C@@H](C)C(OC3O[C@@H]4O[C@]5(C)CO[C@H]6[C@H](C)CC[C@@H]([C@H]3C)[C@@]46OO5)O[C@@H]3O[C@]4(C)CC[C@@H]1C32OO4. The normalized spacial score (nSPS) is 63.5. The molecule has 16 atom stereocenters. The van der Waals surface area contributed by atoms with Gasteiger partial charge < -0.3 is 28.4 Å². The highest BCUT2D eigenvalue weighted by atomic mass is 17.3. The third-order valence-electron chi connectivity index (χ3n) is 11.8. The highest BCUT2D eigenvalue weighted by molar-refractivity contribution is 5.11. The van der Waals surface area contributed by atoms with E-state index in [2.05, 4.69) is 27.7 Å². The maximum Gasteiger partial charge on any atom is 0.224 e. The first-order valence-electron chi connectivity index (χ1n) is 15.3. The fraction of sp³-hybridized carbons (Fsp3) is 1.00. The smallest absolute Gasteiger partial charge is 0.224 e. The van der Waals surface area contributed by atoms with Crippen molar-refractivity contribution in [2.75, 3.05) is 6.61 Å². The van der Waals surface area contributed by atoms with Crippen molar-refractivity contribution in [3.63, 3.8) is 0 Å². The van der Waals surface area contributed by atoms with Crippen LogP contribution in [0.4, 0.5) is 0 Å². The van der Waals surface area contributed by atoms with E-state index in [1.165, 1.54) is 0 Å². The average molecular weight is 553 g/mol. The molecule has 39 heavy (non-hydrogen) atoms. The molecule has 4 bridgehead atoms. The van der Waals surface area contributed by atoms with Gasteiger partial charge in [0.1, 0.15) is 6.61 Å². The van der Waals surface area contributed by atoms with E-state index in [-0.39, 0.29) is 29.8 Å². The first-order chi connectivity index (χ1) is 18.6. The van der Waals surface area contributed by atoms with Gasteiger partial charge in [0.25, 0.3) is 0 Å². The van der Waals surface area contributed by atoms with Gasteiger partial charge in [-0.3, -0.25) is 0 Å². The molecule has 220 valence electrons. The molecule has 8 saturated heterocycles. The fourth-order valence-electron chi connectivity index (χ4n) is 9.58. The highest BCUT2D eigenvalue weighted by Crippen LogP contribution is 2.62. The van der Waals surface area contributed by atoms with Gasteiger partial charge in [0, 0.05) is 30.1 Å². The molecule has 8 aliphatic heterocycles. The van der Waals surface area contributed by atoms with Crippen molar-refractivity contribution in [2.45, 2.75) is 134 Å². The first kappa shape index (κ1) is 26.2. The Labute approximate surface area is 230 Å².